The summed E-state index contributed by atoms with van der Waals surface area (Å²) in [4.78, 5) is 0.0230. The standard InChI is InChI=1S/C15H23FN2O2S/c1-4-9-17-12-13-7-8-14(16)11-15(13)21(19,20)18(6-3)10-5-2/h5,7-8,11,17H,2,4,6,9-10,12H2,1,3H3. The molecule has 0 aliphatic heterocycles. The first-order valence-corrected chi connectivity index (χ1v) is 8.51. The number of nitrogens with zero attached hydrogens (tertiary/aromatic N) is 1. The van der Waals surface area contributed by atoms with Gasteiger partial charge in [-0.05, 0) is 30.7 Å². The molecule has 0 aliphatic rings. The molecule has 0 heterocycles. The van der Waals surface area contributed by atoms with E-state index in [2.05, 4.69) is 11.9 Å². The molecule has 1 aromatic carbocycles. The molecule has 0 fully saturated rings. The van der Waals surface area contributed by atoms with E-state index in [-0.39, 0.29) is 11.4 Å². The second-order valence-electron chi connectivity index (χ2n) is 4.67. The predicted octanol–water partition coefficient (Wildman–Crippen LogP) is 2.52. The average Bonchev–Trinajstić information content (AvgIpc) is 2.46. The zero-order valence-electron chi connectivity index (χ0n) is 12.6. The molecule has 0 aliphatic carbocycles. The fourth-order valence-electron chi connectivity index (χ4n) is 1.99. The van der Waals surface area contributed by atoms with Gasteiger partial charge in [-0.1, -0.05) is 26.0 Å². The minimum atomic E-state index is -3.72. The van der Waals surface area contributed by atoms with Crippen molar-refractivity contribution in [2.75, 3.05) is 19.6 Å². The summed E-state index contributed by atoms with van der Waals surface area (Å²) >= 11 is 0. The highest BCUT2D eigenvalue weighted by Gasteiger charge is 2.25. The lowest BCUT2D eigenvalue weighted by Crippen LogP contribution is -2.32. The molecule has 0 atom stereocenters. The molecule has 0 bridgehead atoms. The molecule has 0 radical (unpaired) electrons. The summed E-state index contributed by atoms with van der Waals surface area (Å²) in [6.45, 7) is 9.03. The summed E-state index contributed by atoms with van der Waals surface area (Å²) in [5.74, 6) is -0.553. The van der Waals surface area contributed by atoms with Crippen LogP contribution in [0.5, 0.6) is 0 Å². The maximum absolute atomic E-state index is 13.5. The van der Waals surface area contributed by atoms with Crippen molar-refractivity contribution in [2.45, 2.75) is 31.7 Å². The molecule has 0 aromatic heterocycles. The van der Waals surface area contributed by atoms with Crippen LogP contribution in [-0.2, 0) is 16.6 Å². The van der Waals surface area contributed by atoms with Gasteiger partial charge in [0.1, 0.15) is 5.82 Å². The van der Waals surface area contributed by atoms with Gasteiger partial charge in [0, 0.05) is 19.6 Å². The minimum Gasteiger partial charge on any atom is -0.313 e. The molecule has 0 unspecified atom stereocenters. The maximum atomic E-state index is 13.5. The topological polar surface area (TPSA) is 49.4 Å². The fourth-order valence-corrected chi connectivity index (χ4v) is 3.65. The Bertz CT molecular complexity index is 573. The summed E-state index contributed by atoms with van der Waals surface area (Å²) < 4.78 is 40.1. The molecular formula is C15H23FN2O2S. The van der Waals surface area contributed by atoms with Crippen molar-refractivity contribution in [3.05, 3.63) is 42.2 Å². The van der Waals surface area contributed by atoms with E-state index < -0.39 is 15.8 Å². The monoisotopic (exact) mass is 314 g/mol. The highest BCUT2D eigenvalue weighted by Crippen LogP contribution is 2.21. The van der Waals surface area contributed by atoms with Crippen LogP contribution < -0.4 is 5.32 Å². The number of hydrogen-bond donors (Lipinski definition) is 1. The number of benzene rings is 1. The lowest BCUT2D eigenvalue weighted by Gasteiger charge is -2.21. The Morgan fingerprint density at radius 3 is 2.67 bits per heavy atom. The van der Waals surface area contributed by atoms with E-state index in [1.807, 2.05) is 6.92 Å². The Hall–Kier alpha value is -1.24. The molecule has 1 rings (SSSR count). The Morgan fingerprint density at radius 1 is 1.38 bits per heavy atom. The zero-order valence-corrected chi connectivity index (χ0v) is 13.4. The number of hydrogen-bond acceptors (Lipinski definition) is 3. The van der Waals surface area contributed by atoms with E-state index in [4.69, 9.17) is 0 Å². The second kappa shape index (κ2) is 8.26. The third-order valence-electron chi connectivity index (χ3n) is 3.07. The SMILES string of the molecule is C=CCN(CC)S(=O)(=O)c1cc(F)ccc1CNCCC. The summed E-state index contributed by atoms with van der Waals surface area (Å²) in [7, 11) is -3.72. The van der Waals surface area contributed by atoms with E-state index in [1.165, 1.54) is 22.5 Å². The summed E-state index contributed by atoms with van der Waals surface area (Å²) in [6, 6.07) is 3.89. The number of rotatable bonds is 9. The lowest BCUT2D eigenvalue weighted by molar-refractivity contribution is 0.457. The van der Waals surface area contributed by atoms with Crippen molar-refractivity contribution >= 4 is 10.0 Å². The number of nitrogens with one attached hydrogen (secondary N) is 1. The second-order valence-corrected chi connectivity index (χ2v) is 6.58. The van der Waals surface area contributed by atoms with Crippen molar-refractivity contribution in [1.29, 1.82) is 0 Å². The van der Waals surface area contributed by atoms with Gasteiger partial charge in [0.15, 0.2) is 0 Å². The molecular weight excluding hydrogens is 291 g/mol. The van der Waals surface area contributed by atoms with Gasteiger partial charge in [-0.3, -0.25) is 0 Å². The van der Waals surface area contributed by atoms with Crippen LogP contribution in [0.4, 0.5) is 4.39 Å². The van der Waals surface area contributed by atoms with Crippen LogP contribution in [0.1, 0.15) is 25.8 Å². The summed E-state index contributed by atoms with van der Waals surface area (Å²) in [6.07, 6.45) is 2.47. The number of sulfonamides is 1. The first-order valence-electron chi connectivity index (χ1n) is 7.07. The molecule has 0 saturated heterocycles. The molecule has 0 saturated carbocycles. The molecule has 0 spiro atoms. The Kier molecular flexibility index (Phi) is 7.01. The van der Waals surface area contributed by atoms with Crippen LogP contribution in [0, 0.1) is 5.82 Å². The summed E-state index contributed by atoms with van der Waals surface area (Å²) in [5, 5.41) is 3.15. The third-order valence-corrected chi connectivity index (χ3v) is 5.10. The largest absolute Gasteiger partial charge is 0.313 e. The minimum absolute atomic E-state index is 0.0230. The van der Waals surface area contributed by atoms with Gasteiger partial charge in [0.2, 0.25) is 10.0 Å². The van der Waals surface area contributed by atoms with Gasteiger partial charge in [-0.25, -0.2) is 12.8 Å². The number of halogens is 1. The van der Waals surface area contributed by atoms with Crippen molar-refractivity contribution in [3.8, 4) is 0 Å². The quantitative estimate of drug-likeness (QED) is 0.563. The van der Waals surface area contributed by atoms with E-state index in [1.54, 1.807) is 6.92 Å². The average molecular weight is 314 g/mol. The third kappa shape index (κ3) is 4.62. The zero-order chi connectivity index (χ0) is 15.9. The van der Waals surface area contributed by atoms with Crippen LogP contribution in [0.2, 0.25) is 0 Å². The smallest absolute Gasteiger partial charge is 0.243 e. The van der Waals surface area contributed by atoms with Gasteiger partial charge in [-0.15, -0.1) is 6.58 Å². The Morgan fingerprint density at radius 2 is 2.10 bits per heavy atom. The summed E-state index contributed by atoms with van der Waals surface area (Å²) in [5.41, 5.74) is 0.576. The number of likely N-dealkylation sites (N-methyl/N-ethyl adjacent to an activating group) is 1. The molecule has 1 aromatic rings. The van der Waals surface area contributed by atoms with Crippen LogP contribution >= 0.6 is 0 Å². The lowest BCUT2D eigenvalue weighted by atomic mass is 10.2. The van der Waals surface area contributed by atoms with Crippen molar-refractivity contribution < 1.29 is 12.8 Å². The fraction of sp³-hybridized carbons (Fsp3) is 0.467. The van der Waals surface area contributed by atoms with Crippen molar-refractivity contribution in [3.63, 3.8) is 0 Å². The molecule has 6 heteroatoms. The Balaban J connectivity index is 3.19. The van der Waals surface area contributed by atoms with Gasteiger partial charge >= 0.3 is 0 Å². The molecule has 0 amide bonds. The van der Waals surface area contributed by atoms with Crippen LogP contribution in [0.15, 0.2) is 35.7 Å². The van der Waals surface area contributed by atoms with Gasteiger partial charge < -0.3 is 5.32 Å². The van der Waals surface area contributed by atoms with E-state index in [9.17, 15) is 12.8 Å². The first kappa shape index (κ1) is 17.8. The van der Waals surface area contributed by atoms with Crippen LogP contribution in [-0.4, -0.2) is 32.4 Å². The van der Waals surface area contributed by atoms with E-state index in [0.717, 1.165) is 19.0 Å². The van der Waals surface area contributed by atoms with E-state index >= 15 is 0 Å². The van der Waals surface area contributed by atoms with Gasteiger partial charge in [0.05, 0.1) is 4.90 Å². The van der Waals surface area contributed by atoms with Gasteiger partial charge in [-0.2, -0.15) is 4.31 Å². The first-order chi connectivity index (χ1) is 9.97. The van der Waals surface area contributed by atoms with Crippen LogP contribution in [0.25, 0.3) is 0 Å². The normalized spacial score (nSPS) is 11.8. The van der Waals surface area contributed by atoms with Crippen molar-refractivity contribution in [2.24, 2.45) is 0 Å². The van der Waals surface area contributed by atoms with Crippen LogP contribution in [0.3, 0.4) is 0 Å². The maximum Gasteiger partial charge on any atom is 0.243 e. The molecule has 118 valence electrons. The van der Waals surface area contributed by atoms with Gasteiger partial charge in [0.25, 0.3) is 0 Å². The Labute approximate surface area is 126 Å². The molecule has 1 N–H and O–H groups in total. The van der Waals surface area contributed by atoms with Crippen molar-refractivity contribution in [1.82, 2.24) is 9.62 Å². The highest BCUT2D eigenvalue weighted by molar-refractivity contribution is 7.89. The predicted molar refractivity (Wildman–Crippen MR) is 83.0 cm³/mol. The molecule has 4 nitrogen and oxygen atoms in total. The van der Waals surface area contributed by atoms with E-state index in [0.29, 0.717) is 18.7 Å². The molecule has 21 heavy (non-hydrogen) atoms. The highest BCUT2D eigenvalue weighted by atomic mass is 32.2.